The number of ether oxygens (including phenoxy) is 2. The fourth-order valence-corrected chi connectivity index (χ4v) is 3.77. The van der Waals surface area contributed by atoms with E-state index in [1.54, 1.807) is 0 Å². The minimum Gasteiger partial charge on any atom is -0.393 e. The second kappa shape index (κ2) is 3.77. The molecule has 1 spiro atoms. The van der Waals surface area contributed by atoms with Crippen LogP contribution in [0.15, 0.2) is 0 Å². The maximum absolute atomic E-state index is 12.3. The smallest absolute Gasteiger partial charge is 0.175 e. The monoisotopic (exact) mass is 240 g/mol. The Hall–Kier alpha value is -0.450. The first-order valence-electron chi connectivity index (χ1n) is 6.54. The molecule has 1 saturated heterocycles. The number of aliphatic hydroxyl groups excluding tert-OH is 1. The number of rotatable bonds is 0. The summed E-state index contributed by atoms with van der Waals surface area (Å²) in [5, 5.41) is 10.1. The van der Waals surface area contributed by atoms with E-state index in [0.29, 0.717) is 19.6 Å². The van der Waals surface area contributed by atoms with Crippen LogP contribution in [0.25, 0.3) is 0 Å². The molecule has 1 aliphatic heterocycles. The Labute approximate surface area is 101 Å². The number of ketones is 1. The SMILES string of the molecule is C[C@@]12CCC3(CC(=O)[C@H]1CC[C@@H]2O)OCCO3. The minimum absolute atomic E-state index is 0.00956. The molecule has 0 bridgehead atoms. The molecule has 0 unspecified atom stereocenters. The van der Waals surface area contributed by atoms with E-state index < -0.39 is 5.79 Å². The van der Waals surface area contributed by atoms with E-state index >= 15 is 0 Å². The van der Waals surface area contributed by atoms with Crippen molar-refractivity contribution < 1.29 is 19.4 Å². The highest BCUT2D eigenvalue weighted by Gasteiger charge is 2.55. The van der Waals surface area contributed by atoms with Crippen molar-refractivity contribution in [3.05, 3.63) is 0 Å². The molecule has 3 fully saturated rings. The Balaban J connectivity index is 1.88. The van der Waals surface area contributed by atoms with Crippen molar-refractivity contribution in [3.8, 4) is 0 Å². The fraction of sp³-hybridized carbons (Fsp3) is 0.923. The third kappa shape index (κ3) is 1.65. The zero-order chi connectivity index (χ0) is 12.1. The molecule has 2 aliphatic carbocycles. The molecule has 96 valence electrons. The number of carbonyl (C=O) groups excluding carboxylic acids is 1. The second-order valence-electron chi connectivity index (χ2n) is 5.90. The quantitative estimate of drug-likeness (QED) is 0.692. The lowest BCUT2D eigenvalue weighted by atomic mass is 9.74. The van der Waals surface area contributed by atoms with Crippen molar-refractivity contribution in [3.63, 3.8) is 0 Å². The van der Waals surface area contributed by atoms with Gasteiger partial charge in [0.1, 0.15) is 5.78 Å². The summed E-state index contributed by atoms with van der Waals surface area (Å²) < 4.78 is 11.3. The first kappa shape index (κ1) is 11.6. The van der Waals surface area contributed by atoms with Crippen LogP contribution in [-0.4, -0.2) is 36.0 Å². The van der Waals surface area contributed by atoms with Crippen molar-refractivity contribution in [2.24, 2.45) is 11.3 Å². The molecule has 0 radical (unpaired) electrons. The van der Waals surface area contributed by atoms with Crippen molar-refractivity contribution in [2.75, 3.05) is 13.2 Å². The zero-order valence-electron chi connectivity index (χ0n) is 10.3. The Morgan fingerprint density at radius 3 is 2.65 bits per heavy atom. The highest BCUT2D eigenvalue weighted by Crippen LogP contribution is 2.52. The summed E-state index contributed by atoms with van der Waals surface area (Å²) >= 11 is 0. The molecular formula is C13H20O4. The van der Waals surface area contributed by atoms with E-state index in [9.17, 15) is 9.90 Å². The van der Waals surface area contributed by atoms with Gasteiger partial charge in [-0.3, -0.25) is 4.79 Å². The van der Waals surface area contributed by atoms with Gasteiger partial charge >= 0.3 is 0 Å². The lowest BCUT2D eigenvalue weighted by molar-refractivity contribution is -0.171. The molecule has 3 atom stereocenters. The second-order valence-corrected chi connectivity index (χ2v) is 5.90. The van der Waals surface area contributed by atoms with Crippen LogP contribution in [0.1, 0.15) is 39.0 Å². The van der Waals surface area contributed by atoms with Crippen LogP contribution in [0.4, 0.5) is 0 Å². The summed E-state index contributed by atoms with van der Waals surface area (Å²) in [5.41, 5.74) is -0.268. The third-order valence-corrected chi connectivity index (χ3v) is 4.98. The Morgan fingerprint density at radius 2 is 1.94 bits per heavy atom. The predicted octanol–water partition coefficient (Wildman–Crippen LogP) is 1.26. The standard InChI is InChI=1S/C13H20O4/c1-12-4-5-13(16-6-7-17-13)8-10(14)9(12)2-3-11(12)15/h9,11,15H,2-8H2,1H3/t9-,11+,12-/m1/s1. The zero-order valence-corrected chi connectivity index (χ0v) is 10.3. The highest BCUT2D eigenvalue weighted by molar-refractivity contribution is 5.83. The molecule has 17 heavy (non-hydrogen) atoms. The predicted molar refractivity (Wildman–Crippen MR) is 60.3 cm³/mol. The van der Waals surface area contributed by atoms with Gasteiger partial charge in [0.15, 0.2) is 5.79 Å². The van der Waals surface area contributed by atoms with E-state index in [1.165, 1.54) is 0 Å². The van der Waals surface area contributed by atoms with Crippen molar-refractivity contribution in [1.82, 2.24) is 0 Å². The van der Waals surface area contributed by atoms with Crippen LogP contribution in [0.5, 0.6) is 0 Å². The first-order valence-corrected chi connectivity index (χ1v) is 6.54. The number of Topliss-reactive ketones (excluding diaryl/α,β-unsaturated/α-hetero) is 1. The van der Waals surface area contributed by atoms with E-state index in [-0.39, 0.29) is 23.2 Å². The van der Waals surface area contributed by atoms with Gasteiger partial charge in [0.25, 0.3) is 0 Å². The molecule has 3 aliphatic rings. The van der Waals surface area contributed by atoms with Crippen LogP contribution < -0.4 is 0 Å². The molecule has 4 nitrogen and oxygen atoms in total. The normalized spacial score (nSPS) is 44.9. The van der Waals surface area contributed by atoms with Crippen molar-refractivity contribution >= 4 is 5.78 Å². The summed E-state index contributed by atoms with van der Waals surface area (Å²) in [5.74, 6) is -0.474. The maximum atomic E-state index is 12.3. The maximum Gasteiger partial charge on any atom is 0.175 e. The summed E-state index contributed by atoms with van der Waals surface area (Å²) in [7, 11) is 0. The molecule has 0 aromatic heterocycles. The average Bonchev–Trinajstić information content (AvgIpc) is 2.82. The van der Waals surface area contributed by atoms with Gasteiger partial charge in [-0.1, -0.05) is 6.92 Å². The van der Waals surface area contributed by atoms with Gasteiger partial charge < -0.3 is 14.6 Å². The van der Waals surface area contributed by atoms with Gasteiger partial charge in [0.2, 0.25) is 0 Å². The summed E-state index contributed by atoms with van der Waals surface area (Å²) in [6.45, 7) is 3.20. The van der Waals surface area contributed by atoms with Gasteiger partial charge in [-0.15, -0.1) is 0 Å². The Morgan fingerprint density at radius 1 is 1.24 bits per heavy atom. The number of fused-ring (bicyclic) bond motifs is 1. The Bertz CT molecular complexity index is 334. The molecule has 0 amide bonds. The topological polar surface area (TPSA) is 55.8 Å². The molecule has 4 heteroatoms. The van der Waals surface area contributed by atoms with Crippen LogP contribution in [0, 0.1) is 11.3 Å². The molecule has 2 saturated carbocycles. The number of hydrogen-bond donors (Lipinski definition) is 1. The van der Waals surface area contributed by atoms with Crippen LogP contribution in [-0.2, 0) is 14.3 Å². The molecule has 0 aromatic rings. The number of carbonyl (C=O) groups is 1. The fourth-order valence-electron chi connectivity index (χ4n) is 3.77. The van der Waals surface area contributed by atoms with E-state index in [4.69, 9.17) is 9.47 Å². The molecule has 1 heterocycles. The lowest BCUT2D eigenvalue weighted by Crippen LogP contribution is -2.34. The van der Waals surface area contributed by atoms with Gasteiger partial charge in [-0.05, 0) is 19.3 Å². The first-order chi connectivity index (χ1) is 8.06. The van der Waals surface area contributed by atoms with E-state index in [2.05, 4.69) is 0 Å². The van der Waals surface area contributed by atoms with Gasteiger partial charge in [-0.2, -0.15) is 0 Å². The molecule has 1 N–H and O–H groups in total. The minimum atomic E-state index is -0.676. The highest BCUT2D eigenvalue weighted by atomic mass is 16.7. The Kier molecular flexibility index (Phi) is 2.58. The van der Waals surface area contributed by atoms with Crippen LogP contribution in [0.2, 0.25) is 0 Å². The summed E-state index contributed by atoms with van der Waals surface area (Å²) in [4.78, 5) is 12.3. The summed E-state index contributed by atoms with van der Waals surface area (Å²) in [6, 6.07) is 0. The van der Waals surface area contributed by atoms with Gasteiger partial charge in [-0.25, -0.2) is 0 Å². The number of aliphatic hydroxyl groups is 1. The average molecular weight is 240 g/mol. The molecule has 3 rings (SSSR count). The van der Waals surface area contributed by atoms with E-state index in [1.807, 2.05) is 6.92 Å². The number of hydrogen-bond acceptors (Lipinski definition) is 4. The largest absolute Gasteiger partial charge is 0.393 e. The van der Waals surface area contributed by atoms with Crippen LogP contribution >= 0.6 is 0 Å². The molecule has 0 aromatic carbocycles. The van der Waals surface area contributed by atoms with Crippen molar-refractivity contribution in [2.45, 2.75) is 50.9 Å². The van der Waals surface area contributed by atoms with E-state index in [0.717, 1.165) is 25.7 Å². The van der Waals surface area contributed by atoms with Gasteiger partial charge in [0.05, 0.1) is 25.7 Å². The van der Waals surface area contributed by atoms with Crippen molar-refractivity contribution in [1.29, 1.82) is 0 Å². The lowest BCUT2D eigenvalue weighted by Gasteiger charge is -2.32. The van der Waals surface area contributed by atoms with Crippen LogP contribution in [0.3, 0.4) is 0 Å². The summed E-state index contributed by atoms with van der Waals surface area (Å²) in [6.07, 6.45) is 3.11. The third-order valence-electron chi connectivity index (χ3n) is 4.98. The molecular weight excluding hydrogens is 220 g/mol. The van der Waals surface area contributed by atoms with Gasteiger partial charge in [0, 0.05) is 17.8 Å².